The van der Waals surface area contributed by atoms with Gasteiger partial charge in [0.05, 0.1) is 6.61 Å². The molecule has 3 rings (SSSR count). The van der Waals surface area contributed by atoms with Crippen molar-refractivity contribution in [1.29, 1.82) is 0 Å². The van der Waals surface area contributed by atoms with Crippen molar-refractivity contribution in [3.05, 3.63) is 35.9 Å². The Bertz CT molecular complexity index is 652. The number of carbonyl (C=O) groups excluding carboxylic acids is 2. The number of benzene rings is 1. The Morgan fingerprint density at radius 1 is 0.833 bits per heavy atom. The predicted molar refractivity (Wildman–Crippen MR) is 118 cm³/mol. The number of ether oxygens (including phenoxy) is 2. The van der Waals surface area contributed by atoms with Crippen LogP contribution in [-0.2, 0) is 25.7 Å². The van der Waals surface area contributed by atoms with E-state index in [0.29, 0.717) is 6.61 Å². The fourth-order valence-electron chi connectivity index (χ4n) is 5.40. The minimum Gasteiger partial charge on any atom is -0.465 e. The first-order valence-corrected chi connectivity index (χ1v) is 11.9. The first-order valence-electron chi connectivity index (χ1n) is 11.9. The lowest BCUT2D eigenvalue weighted by atomic mass is 9.58. The van der Waals surface area contributed by atoms with E-state index in [9.17, 15) is 9.59 Å². The molecule has 0 atom stereocenters. The van der Waals surface area contributed by atoms with E-state index in [4.69, 9.17) is 9.47 Å². The van der Waals surface area contributed by atoms with E-state index in [1.54, 1.807) is 0 Å². The SMILES string of the molecule is CC(C)COC(=O)C(C(=O)OCc1ccccc1)(C1CCCCC1)C1CCCCC1. The molecule has 0 amide bonds. The summed E-state index contributed by atoms with van der Waals surface area (Å²) in [6, 6.07) is 9.73. The van der Waals surface area contributed by atoms with Crippen molar-refractivity contribution in [3.8, 4) is 0 Å². The van der Waals surface area contributed by atoms with Gasteiger partial charge in [-0.1, -0.05) is 82.7 Å². The van der Waals surface area contributed by atoms with Gasteiger partial charge in [-0.05, 0) is 49.0 Å². The highest BCUT2D eigenvalue weighted by Crippen LogP contribution is 2.51. The van der Waals surface area contributed by atoms with Crippen LogP contribution in [0.25, 0.3) is 0 Å². The molecule has 2 aliphatic rings. The summed E-state index contributed by atoms with van der Waals surface area (Å²) >= 11 is 0. The highest BCUT2D eigenvalue weighted by Gasteiger charge is 2.59. The van der Waals surface area contributed by atoms with Crippen molar-refractivity contribution in [1.82, 2.24) is 0 Å². The largest absolute Gasteiger partial charge is 0.465 e. The van der Waals surface area contributed by atoms with Gasteiger partial charge < -0.3 is 9.47 Å². The molecule has 0 N–H and O–H groups in total. The molecule has 0 saturated heterocycles. The van der Waals surface area contributed by atoms with E-state index in [1.807, 2.05) is 44.2 Å². The molecule has 2 fully saturated rings. The van der Waals surface area contributed by atoms with Gasteiger partial charge in [0.15, 0.2) is 5.41 Å². The molecule has 0 radical (unpaired) electrons. The van der Waals surface area contributed by atoms with Gasteiger partial charge in [-0.3, -0.25) is 9.59 Å². The zero-order chi connectivity index (χ0) is 21.4. The Hall–Kier alpha value is -1.84. The lowest BCUT2D eigenvalue weighted by molar-refractivity contribution is -0.187. The van der Waals surface area contributed by atoms with Crippen LogP contribution in [0.15, 0.2) is 30.3 Å². The van der Waals surface area contributed by atoms with Crippen molar-refractivity contribution in [2.75, 3.05) is 6.61 Å². The summed E-state index contributed by atoms with van der Waals surface area (Å²) in [4.78, 5) is 27.5. The summed E-state index contributed by atoms with van der Waals surface area (Å²) in [5.74, 6) is -0.383. The maximum atomic E-state index is 13.8. The first kappa shape index (κ1) is 22.8. The number of hydrogen-bond acceptors (Lipinski definition) is 4. The fraction of sp³-hybridized carbons (Fsp3) is 0.692. The smallest absolute Gasteiger partial charge is 0.324 e. The Kier molecular flexibility index (Phi) is 8.35. The third-order valence-corrected chi connectivity index (χ3v) is 6.93. The quantitative estimate of drug-likeness (QED) is 0.382. The average Bonchev–Trinajstić information content (AvgIpc) is 2.79. The molecule has 1 aromatic carbocycles. The maximum Gasteiger partial charge on any atom is 0.324 e. The van der Waals surface area contributed by atoms with Crippen LogP contribution in [0.5, 0.6) is 0 Å². The standard InChI is InChI=1S/C26H38O4/c1-20(2)18-29-24(27)26(22-14-8-4-9-15-22,23-16-10-5-11-17-23)25(28)30-19-21-12-6-3-7-13-21/h3,6-7,12-13,20,22-23H,4-5,8-11,14-19H2,1-2H3. The molecule has 30 heavy (non-hydrogen) atoms. The molecule has 1 aromatic rings. The molecule has 4 heteroatoms. The van der Waals surface area contributed by atoms with Crippen LogP contribution in [-0.4, -0.2) is 18.5 Å². The third kappa shape index (κ3) is 5.25. The highest BCUT2D eigenvalue weighted by molar-refractivity contribution is 6.01. The molecule has 0 bridgehead atoms. The molecule has 0 aliphatic heterocycles. The summed E-state index contributed by atoms with van der Waals surface area (Å²) in [5.41, 5.74) is -0.201. The highest BCUT2D eigenvalue weighted by atomic mass is 16.6. The van der Waals surface area contributed by atoms with Gasteiger partial charge in [0, 0.05) is 0 Å². The van der Waals surface area contributed by atoms with Crippen LogP contribution in [0.1, 0.15) is 83.6 Å². The topological polar surface area (TPSA) is 52.6 Å². The van der Waals surface area contributed by atoms with Gasteiger partial charge in [-0.2, -0.15) is 0 Å². The monoisotopic (exact) mass is 414 g/mol. The van der Waals surface area contributed by atoms with Crippen molar-refractivity contribution in [2.24, 2.45) is 23.2 Å². The zero-order valence-corrected chi connectivity index (χ0v) is 18.7. The molecular weight excluding hydrogens is 376 g/mol. The lowest BCUT2D eigenvalue weighted by Gasteiger charge is -2.45. The molecule has 0 unspecified atom stereocenters. The lowest BCUT2D eigenvalue weighted by Crippen LogP contribution is -2.54. The first-order chi connectivity index (χ1) is 14.5. The summed E-state index contributed by atoms with van der Waals surface area (Å²) in [7, 11) is 0. The summed E-state index contributed by atoms with van der Waals surface area (Å²) in [5, 5.41) is 0. The van der Waals surface area contributed by atoms with Crippen molar-refractivity contribution >= 4 is 11.9 Å². The van der Waals surface area contributed by atoms with E-state index < -0.39 is 5.41 Å². The number of carbonyl (C=O) groups is 2. The van der Waals surface area contributed by atoms with Crippen LogP contribution in [0.3, 0.4) is 0 Å². The van der Waals surface area contributed by atoms with E-state index >= 15 is 0 Å². The second kappa shape index (κ2) is 11.0. The van der Waals surface area contributed by atoms with Crippen LogP contribution in [0, 0.1) is 23.2 Å². The van der Waals surface area contributed by atoms with E-state index in [-0.39, 0.29) is 36.3 Å². The Morgan fingerprint density at radius 2 is 1.33 bits per heavy atom. The van der Waals surface area contributed by atoms with Gasteiger partial charge in [-0.15, -0.1) is 0 Å². The van der Waals surface area contributed by atoms with Gasteiger partial charge in [-0.25, -0.2) is 0 Å². The normalized spacial score (nSPS) is 18.9. The van der Waals surface area contributed by atoms with Crippen molar-refractivity contribution in [2.45, 2.75) is 84.7 Å². The maximum absolute atomic E-state index is 13.8. The molecule has 0 spiro atoms. The fourth-order valence-corrected chi connectivity index (χ4v) is 5.40. The Balaban J connectivity index is 1.91. The molecule has 4 nitrogen and oxygen atoms in total. The van der Waals surface area contributed by atoms with E-state index in [1.165, 1.54) is 12.8 Å². The van der Waals surface area contributed by atoms with E-state index in [2.05, 4.69) is 0 Å². The van der Waals surface area contributed by atoms with Gasteiger partial charge >= 0.3 is 11.9 Å². The third-order valence-electron chi connectivity index (χ3n) is 6.93. The van der Waals surface area contributed by atoms with Gasteiger partial charge in [0.1, 0.15) is 6.61 Å². The summed E-state index contributed by atoms with van der Waals surface area (Å²) < 4.78 is 11.7. The molecular formula is C26H38O4. The van der Waals surface area contributed by atoms with Crippen LogP contribution in [0.2, 0.25) is 0 Å². The van der Waals surface area contributed by atoms with Gasteiger partial charge in [0.2, 0.25) is 0 Å². The number of hydrogen-bond donors (Lipinski definition) is 0. The second-order valence-corrected chi connectivity index (χ2v) is 9.59. The zero-order valence-electron chi connectivity index (χ0n) is 18.7. The molecule has 0 heterocycles. The molecule has 2 saturated carbocycles. The van der Waals surface area contributed by atoms with Crippen molar-refractivity contribution in [3.63, 3.8) is 0 Å². The number of esters is 2. The van der Waals surface area contributed by atoms with Crippen LogP contribution < -0.4 is 0 Å². The minimum atomic E-state index is -1.15. The van der Waals surface area contributed by atoms with Crippen LogP contribution >= 0.6 is 0 Å². The molecule has 0 aromatic heterocycles. The van der Waals surface area contributed by atoms with Gasteiger partial charge in [0.25, 0.3) is 0 Å². The second-order valence-electron chi connectivity index (χ2n) is 9.59. The Labute approximate surface area is 181 Å². The molecule has 2 aliphatic carbocycles. The summed E-state index contributed by atoms with van der Waals surface area (Å²) in [6.45, 7) is 4.62. The molecule has 166 valence electrons. The average molecular weight is 415 g/mol. The van der Waals surface area contributed by atoms with E-state index in [0.717, 1.165) is 56.9 Å². The van der Waals surface area contributed by atoms with Crippen molar-refractivity contribution < 1.29 is 19.1 Å². The summed E-state index contributed by atoms with van der Waals surface area (Å²) in [6.07, 6.45) is 10.3. The number of rotatable bonds is 8. The van der Waals surface area contributed by atoms with Crippen LogP contribution in [0.4, 0.5) is 0 Å². The Morgan fingerprint density at radius 3 is 1.83 bits per heavy atom. The minimum absolute atomic E-state index is 0.0253. The predicted octanol–water partition coefficient (Wildman–Crippen LogP) is 6.08.